The zero-order valence-electron chi connectivity index (χ0n) is 22.1. The van der Waals surface area contributed by atoms with Crippen LogP contribution >= 0.6 is 11.8 Å². The highest BCUT2D eigenvalue weighted by Gasteiger charge is 2.17. The van der Waals surface area contributed by atoms with Gasteiger partial charge < -0.3 is 20.1 Å². The van der Waals surface area contributed by atoms with E-state index < -0.39 is 0 Å². The van der Waals surface area contributed by atoms with Gasteiger partial charge in [-0.15, -0.1) is 10.2 Å². The summed E-state index contributed by atoms with van der Waals surface area (Å²) < 4.78 is 12.9. The smallest absolute Gasteiger partial charge is 0.258 e. The molecule has 9 nitrogen and oxygen atoms in total. The SMILES string of the molecule is CCOc1ccc(-n2c(CNC(=O)COc3ccccc3)nnc2SCC(=O)Nc2cc(C)ccc2C)cc1. The van der Waals surface area contributed by atoms with Crippen molar-refractivity contribution in [3.8, 4) is 17.2 Å². The lowest BCUT2D eigenvalue weighted by molar-refractivity contribution is -0.123. The first kappa shape index (κ1) is 27.7. The van der Waals surface area contributed by atoms with Gasteiger partial charge in [0.15, 0.2) is 17.6 Å². The average molecular weight is 546 g/mol. The highest BCUT2D eigenvalue weighted by Crippen LogP contribution is 2.25. The number of thioether (sulfide) groups is 1. The van der Waals surface area contributed by atoms with Gasteiger partial charge in [-0.05, 0) is 74.4 Å². The van der Waals surface area contributed by atoms with E-state index in [2.05, 4.69) is 20.8 Å². The number of rotatable bonds is 12. The van der Waals surface area contributed by atoms with Gasteiger partial charge in [-0.1, -0.05) is 42.1 Å². The van der Waals surface area contributed by atoms with Crippen molar-refractivity contribution in [3.05, 3.63) is 89.7 Å². The molecule has 0 atom stereocenters. The molecule has 1 heterocycles. The van der Waals surface area contributed by atoms with E-state index in [0.717, 1.165) is 28.3 Å². The third-order valence-electron chi connectivity index (χ3n) is 5.66. The second kappa shape index (κ2) is 13.5. The van der Waals surface area contributed by atoms with Crippen LogP contribution in [0.1, 0.15) is 23.9 Å². The Morgan fingerprint density at radius 1 is 0.897 bits per heavy atom. The number of hydrogen-bond acceptors (Lipinski definition) is 7. The third kappa shape index (κ3) is 7.84. The predicted octanol–water partition coefficient (Wildman–Crippen LogP) is 4.71. The number of nitrogens with zero attached hydrogens (tertiary/aromatic N) is 3. The maximum Gasteiger partial charge on any atom is 0.258 e. The molecule has 39 heavy (non-hydrogen) atoms. The van der Waals surface area contributed by atoms with Crippen LogP contribution in [-0.2, 0) is 16.1 Å². The first-order valence-corrected chi connectivity index (χ1v) is 13.5. The average Bonchev–Trinajstić information content (AvgIpc) is 3.35. The molecule has 0 saturated heterocycles. The molecular formula is C29H31N5O4S. The first-order valence-electron chi connectivity index (χ1n) is 12.5. The van der Waals surface area contributed by atoms with Crippen LogP contribution in [-0.4, -0.2) is 45.5 Å². The molecule has 0 spiro atoms. The molecule has 10 heteroatoms. The lowest BCUT2D eigenvalue weighted by Crippen LogP contribution is -2.29. The van der Waals surface area contributed by atoms with Gasteiger partial charge in [0.25, 0.3) is 5.91 Å². The quantitative estimate of drug-likeness (QED) is 0.248. The van der Waals surface area contributed by atoms with E-state index in [1.54, 1.807) is 12.1 Å². The Labute approximate surface area is 231 Å². The Bertz CT molecular complexity index is 1410. The molecule has 202 valence electrons. The molecule has 4 aromatic rings. The summed E-state index contributed by atoms with van der Waals surface area (Å²) in [7, 11) is 0. The summed E-state index contributed by atoms with van der Waals surface area (Å²) in [6, 6.07) is 22.6. The number of benzene rings is 3. The molecule has 0 aliphatic heterocycles. The molecular weight excluding hydrogens is 514 g/mol. The van der Waals surface area contributed by atoms with Crippen LogP contribution in [0.25, 0.3) is 5.69 Å². The third-order valence-corrected chi connectivity index (χ3v) is 6.59. The lowest BCUT2D eigenvalue weighted by Gasteiger charge is -2.13. The fourth-order valence-electron chi connectivity index (χ4n) is 3.71. The van der Waals surface area contributed by atoms with Crippen LogP contribution in [0.2, 0.25) is 0 Å². The van der Waals surface area contributed by atoms with Crippen molar-refractivity contribution in [2.75, 3.05) is 24.3 Å². The Balaban J connectivity index is 1.46. The minimum atomic E-state index is -0.290. The van der Waals surface area contributed by atoms with Gasteiger partial charge in [0.1, 0.15) is 11.5 Å². The Kier molecular flexibility index (Phi) is 9.58. The van der Waals surface area contributed by atoms with Gasteiger partial charge in [0.2, 0.25) is 5.91 Å². The predicted molar refractivity (Wildman–Crippen MR) is 152 cm³/mol. The highest BCUT2D eigenvalue weighted by molar-refractivity contribution is 7.99. The van der Waals surface area contributed by atoms with Crippen molar-refractivity contribution in [2.24, 2.45) is 0 Å². The highest BCUT2D eigenvalue weighted by atomic mass is 32.2. The number of para-hydroxylation sites is 1. The van der Waals surface area contributed by atoms with E-state index in [0.29, 0.717) is 23.3 Å². The van der Waals surface area contributed by atoms with Crippen molar-refractivity contribution >= 4 is 29.3 Å². The number of ether oxygens (including phenoxy) is 2. The minimum Gasteiger partial charge on any atom is -0.494 e. The summed E-state index contributed by atoms with van der Waals surface area (Å²) >= 11 is 1.27. The van der Waals surface area contributed by atoms with Gasteiger partial charge in [0.05, 0.1) is 18.9 Å². The monoisotopic (exact) mass is 545 g/mol. The second-order valence-corrected chi connectivity index (χ2v) is 9.64. The van der Waals surface area contributed by atoms with Gasteiger partial charge >= 0.3 is 0 Å². The molecule has 0 fully saturated rings. The van der Waals surface area contributed by atoms with Crippen molar-refractivity contribution in [2.45, 2.75) is 32.5 Å². The van der Waals surface area contributed by atoms with Gasteiger partial charge in [-0.25, -0.2) is 0 Å². The lowest BCUT2D eigenvalue weighted by atomic mass is 10.1. The standard InChI is InChI=1S/C29H31N5O4S/c1-4-37-24-14-12-22(13-15-24)34-26(17-30-27(35)18-38-23-8-6-5-7-9-23)32-33-29(34)39-19-28(36)31-25-16-20(2)10-11-21(25)3/h5-16H,4,17-19H2,1-3H3,(H,30,35)(H,31,36). The number of carbonyl (C=O) groups excluding carboxylic acids is 2. The number of aryl methyl sites for hydroxylation is 2. The summed E-state index contributed by atoms with van der Waals surface area (Å²) in [4.78, 5) is 25.2. The van der Waals surface area contributed by atoms with Gasteiger partial charge in [0, 0.05) is 11.4 Å². The molecule has 1 aromatic heterocycles. The summed E-state index contributed by atoms with van der Waals surface area (Å²) in [6.07, 6.45) is 0. The minimum absolute atomic E-state index is 0.124. The van der Waals surface area contributed by atoms with E-state index >= 15 is 0 Å². The molecule has 2 N–H and O–H groups in total. The summed E-state index contributed by atoms with van der Waals surface area (Å²) in [6.45, 7) is 6.43. The maximum atomic E-state index is 12.7. The Hall–Kier alpha value is -4.31. The Morgan fingerprint density at radius 2 is 1.64 bits per heavy atom. The van der Waals surface area contributed by atoms with Gasteiger partial charge in [-0.3, -0.25) is 14.2 Å². The van der Waals surface area contributed by atoms with E-state index in [1.165, 1.54) is 11.8 Å². The molecule has 0 unspecified atom stereocenters. The molecule has 0 aliphatic rings. The van der Waals surface area contributed by atoms with Crippen molar-refractivity contribution < 1.29 is 19.1 Å². The number of anilines is 1. The largest absolute Gasteiger partial charge is 0.494 e. The van der Waals surface area contributed by atoms with Crippen LogP contribution in [0.3, 0.4) is 0 Å². The van der Waals surface area contributed by atoms with Crippen LogP contribution < -0.4 is 20.1 Å². The molecule has 0 radical (unpaired) electrons. The molecule has 4 rings (SSSR count). The fraction of sp³-hybridized carbons (Fsp3) is 0.241. The number of carbonyl (C=O) groups is 2. The van der Waals surface area contributed by atoms with Gasteiger partial charge in [-0.2, -0.15) is 0 Å². The first-order chi connectivity index (χ1) is 18.9. The Morgan fingerprint density at radius 3 is 2.38 bits per heavy atom. The zero-order chi connectivity index (χ0) is 27.6. The fourth-order valence-corrected chi connectivity index (χ4v) is 4.48. The zero-order valence-corrected chi connectivity index (χ0v) is 23.0. The molecule has 0 saturated carbocycles. The van der Waals surface area contributed by atoms with E-state index in [1.807, 2.05) is 86.0 Å². The number of nitrogens with one attached hydrogen (secondary N) is 2. The summed E-state index contributed by atoms with van der Waals surface area (Å²) in [5, 5.41) is 15.0. The normalized spacial score (nSPS) is 10.6. The molecule has 2 amide bonds. The number of amides is 2. The van der Waals surface area contributed by atoms with Crippen LogP contribution in [0.5, 0.6) is 11.5 Å². The topological polar surface area (TPSA) is 107 Å². The van der Waals surface area contributed by atoms with E-state index in [4.69, 9.17) is 9.47 Å². The second-order valence-electron chi connectivity index (χ2n) is 8.69. The van der Waals surface area contributed by atoms with Crippen molar-refractivity contribution in [1.82, 2.24) is 20.1 Å². The molecule has 0 aliphatic carbocycles. The number of hydrogen-bond donors (Lipinski definition) is 2. The number of aromatic nitrogens is 3. The van der Waals surface area contributed by atoms with Crippen LogP contribution in [0.15, 0.2) is 78.0 Å². The van der Waals surface area contributed by atoms with Crippen LogP contribution in [0, 0.1) is 13.8 Å². The van der Waals surface area contributed by atoms with Crippen LogP contribution in [0.4, 0.5) is 5.69 Å². The molecule has 3 aromatic carbocycles. The van der Waals surface area contributed by atoms with E-state index in [9.17, 15) is 9.59 Å². The maximum absolute atomic E-state index is 12.7. The van der Waals surface area contributed by atoms with E-state index in [-0.39, 0.29) is 30.7 Å². The summed E-state index contributed by atoms with van der Waals surface area (Å²) in [5.41, 5.74) is 3.63. The van der Waals surface area contributed by atoms with Crippen molar-refractivity contribution in [3.63, 3.8) is 0 Å². The molecule has 0 bridgehead atoms. The summed E-state index contributed by atoms with van der Waals surface area (Å²) in [5.74, 6) is 1.57. The van der Waals surface area contributed by atoms with Crippen molar-refractivity contribution in [1.29, 1.82) is 0 Å².